The topological polar surface area (TPSA) is 96.8 Å². The van der Waals surface area contributed by atoms with Gasteiger partial charge in [-0.1, -0.05) is 6.07 Å². The molecule has 2 aromatic rings. The Morgan fingerprint density at radius 2 is 1.94 bits per heavy atom. The number of nitrogens with zero attached hydrogens (tertiary/aromatic N) is 4. The number of amides is 3. The molecule has 2 saturated heterocycles. The Morgan fingerprint density at radius 1 is 1.11 bits per heavy atom. The Labute approximate surface area is 209 Å². The molecule has 9 heteroatoms. The van der Waals surface area contributed by atoms with Crippen LogP contribution in [-0.2, 0) is 34.6 Å². The number of nitrogens with one attached hydrogen (secondary N) is 1. The summed E-state index contributed by atoms with van der Waals surface area (Å²) in [5.74, 6) is 0.856. The minimum Gasteiger partial charge on any atom is -0.492 e. The van der Waals surface area contributed by atoms with Crippen molar-refractivity contribution in [2.75, 3.05) is 19.7 Å². The second kappa shape index (κ2) is 8.16. The van der Waals surface area contributed by atoms with Gasteiger partial charge in [-0.05, 0) is 57.2 Å². The number of piperidine rings is 2. The van der Waals surface area contributed by atoms with Crippen molar-refractivity contribution in [1.29, 1.82) is 0 Å². The molecule has 1 unspecified atom stereocenters. The second-order valence-corrected chi connectivity index (χ2v) is 11.2. The van der Waals surface area contributed by atoms with E-state index in [4.69, 9.17) is 4.74 Å². The molecular weight excluding hydrogens is 458 g/mol. The fraction of sp³-hybridized carbons (Fsp3) is 0.556. The molecule has 1 aromatic carbocycles. The van der Waals surface area contributed by atoms with Crippen LogP contribution in [0.3, 0.4) is 0 Å². The largest absolute Gasteiger partial charge is 0.492 e. The van der Waals surface area contributed by atoms with Crippen molar-refractivity contribution in [2.45, 2.75) is 69.6 Å². The first kappa shape index (κ1) is 22.0. The summed E-state index contributed by atoms with van der Waals surface area (Å²) < 4.78 is 8.39. The summed E-state index contributed by atoms with van der Waals surface area (Å²) in [7, 11) is 0. The van der Waals surface area contributed by atoms with Gasteiger partial charge in [-0.3, -0.25) is 29.3 Å². The van der Waals surface area contributed by atoms with Crippen LogP contribution in [-0.4, -0.2) is 63.0 Å². The smallest absolute Gasteiger partial charge is 0.255 e. The van der Waals surface area contributed by atoms with E-state index in [2.05, 4.69) is 32.3 Å². The van der Waals surface area contributed by atoms with E-state index in [-0.39, 0.29) is 29.6 Å². The molecule has 1 atom stereocenters. The Morgan fingerprint density at radius 3 is 2.72 bits per heavy atom. The highest BCUT2D eigenvalue weighted by Gasteiger charge is 2.47. The van der Waals surface area contributed by atoms with Gasteiger partial charge >= 0.3 is 0 Å². The average Bonchev–Trinajstić information content (AvgIpc) is 3.31. The Kier molecular flexibility index (Phi) is 4.99. The number of carbonyl (C=O) groups excluding carboxylic acids is 3. The maximum atomic E-state index is 13.2. The van der Waals surface area contributed by atoms with Crippen LogP contribution in [0.15, 0.2) is 24.5 Å². The Bertz CT molecular complexity index is 1260. The number of aromatic nitrogens is 2. The van der Waals surface area contributed by atoms with Crippen molar-refractivity contribution in [2.24, 2.45) is 5.92 Å². The number of rotatable bonds is 5. The lowest BCUT2D eigenvalue weighted by Crippen LogP contribution is -2.52. The predicted octanol–water partition coefficient (Wildman–Crippen LogP) is 1.98. The van der Waals surface area contributed by atoms with Gasteiger partial charge in [-0.15, -0.1) is 0 Å². The molecule has 1 saturated carbocycles. The molecule has 1 N–H and O–H groups in total. The standard InChI is InChI=1S/C27H31N5O4/c33-23-6-5-22(25(34)29-23)32-15-20-19(26(32)35)3-4-21-24(20)36-16-27(21)7-9-30(10-8-27)12-18-11-28-31(14-18)13-17-1-2-17/h3-4,11,14,17,22H,1-2,5-10,12-13,15-16H2,(H,29,33,34). The first-order valence-electron chi connectivity index (χ1n) is 13.2. The van der Waals surface area contributed by atoms with Crippen LogP contribution in [0.1, 0.15) is 65.6 Å². The number of likely N-dealkylation sites (tertiary alicyclic amines) is 1. The van der Waals surface area contributed by atoms with Crippen LogP contribution in [0.4, 0.5) is 0 Å². The summed E-state index contributed by atoms with van der Waals surface area (Å²) in [6, 6.07) is 3.38. The quantitative estimate of drug-likeness (QED) is 0.646. The van der Waals surface area contributed by atoms with Gasteiger partial charge in [0, 0.05) is 53.4 Å². The molecule has 1 aliphatic carbocycles. The van der Waals surface area contributed by atoms with Crippen molar-refractivity contribution < 1.29 is 19.1 Å². The summed E-state index contributed by atoms with van der Waals surface area (Å²) in [4.78, 5) is 41.2. The molecule has 36 heavy (non-hydrogen) atoms. The number of imide groups is 1. The first-order chi connectivity index (χ1) is 17.5. The third-order valence-corrected chi connectivity index (χ3v) is 8.78. The van der Waals surface area contributed by atoms with Gasteiger partial charge in [0.1, 0.15) is 11.8 Å². The summed E-state index contributed by atoms with van der Waals surface area (Å²) in [5, 5.41) is 6.92. The van der Waals surface area contributed by atoms with Crippen molar-refractivity contribution in [3.63, 3.8) is 0 Å². The van der Waals surface area contributed by atoms with Crippen LogP contribution < -0.4 is 10.1 Å². The van der Waals surface area contributed by atoms with Gasteiger partial charge in [0.05, 0.1) is 19.3 Å². The molecule has 4 aliphatic heterocycles. The molecule has 3 fully saturated rings. The van der Waals surface area contributed by atoms with Crippen LogP contribution in [0.25, 0.3) is 0 Å². The maximum Gasteiger partial charge on any atom is 0.255 e. The fourth-order valence-electron chi connectivity index (χ4n) is 6.45. The van der Waals surface area contributed by atoms with Gasteiger partial charge in [0.15, 0.2) is 0 Å². The summed E-state index contributed by atoms with van der Waals surface area (Å²) in [6.45, 7) is 4.96. The molecule has 188 valence electrons. The molecule has 0 bridgehead atoms. The van der Waals surface area contributed by atoms with E-state index in [1.165, 1.54) is 24.0 Å². The number of ether oxygens (including phenoxy) is 1. The normalized spacial score (nSPS) is 25.2. The van der Waals surface area contributed by atoms with E-state index in [1.54, 1.807) is 4.90 Å². The van der Waals surface area contributed by atoms with E-state index in [1.807, 2.05) is 12.3 Å². The molecule has 1 aromatic heterocycles. The monoisotopic (exact) mass is 489 g/mol. The highest BCUT2D eigenvalue weighted by Crippen LogP contribution is 2.49. The zero-order valence-corrected chi connectivity index (χ0v) is 20.4. The summed E-state index contributed by atoms with van der Waals surface area (Å²) in [6.07, 6.45) is 9.53. The van der Waals surface area contributed by atoms with Crippen molar-refractivity contribution in [3.05, 3.63) is 46.8 Å². The zero-order chi connectivity index (χ0) is 24.4. The zero-order valence-electron chi connectivity index (χ0n) is 20.4. The molecule has 9 nitrogen and oxygen atoms in total. The van der Waals surface area contributed by atoms with Crippen molar-refractivity contribution in [3.8, 4) is 5.75 Å². The minimum atomic E-state index is -0.606. The fourth-order valence-corrected chi connectivity index (χ4v) is 6.45. The molecule has 3 amide bonds. The van der Waals surface area contributed by atoms with E-state index in [0.717, 1.165) is 56.3 Å². The molecule has 1 spiro atoms. The van der Waals surface area contributed by atoms with E-state index in [9.17, 15) is 14.4 Å². The van der Waals surface area contributed by atoms with Gasteiger partial charge in [0.2, 0.25) is 11.8 Å². The maximum absolute atomic E-state index is 13.2. The Balaban J connectivity index is 1.05. The summed E-state index contributed by atoms with van der Waals surface area (Å²) in [5.41, 5.74) is 3.97. The molecule has 5 heterocycles. The van der Waals surface area contributed by atoms with E-state index < -0.39 is 6.04 Å². The van der Waals surface area contributed by atoms with Gasteiger partial charge < -0.3 is 9.64 Å². The second-order valence-electron chi connectivity index (χ2n) is 11.2. The number of carbonyl (C=O) groups is 3. The molecule has 5 aliphatic rings. The lowest BCUT2D eigenvalue weighted by molar-refractivity contribution is -0.136. The average molecular weight is 490 g/mol. The van der Waals surface area contributed by atoms with Gasteiger partial charge in [0.25, 0.3) is 5.91 Å². The number of hydrogen-bond acceptors (Lipinski definition) is 6. The number of benzene rings is 1. The van der Waals surface area contributed by atoms with Crippen molar-refractivity contribution >= 4 is 17.7 Å². The van der Waals surface area contributed by atoms with Crippen LogP contribution in [0, 0.1) is 5.92 Å². The van der Waals surface area contributed by atoms with Crippen molar-refractivity contribution in [1.82, 2.24) is 24.9 Å². The molecular formula is C27H31N5O4. The summed E-state index contributed by atoms with van der Waals surface area (Å²) >= 11 is 0. The molecule has 0 radical (unpaired) electrons. The van der Waals surface area contributed by atoms with E-state index in [0.29, 0.717) is 25.1 Å². The molecule has 7 rings (SSSR count). The van der Waals surface area contributed by atoms with Crippen LogP contribution in [0.2, 0.25) is 0 Å². The number of hydrogen-bond donors (Lipinski definition) is 1. The lowest BCUT2D eigenvalue weighted by atomic mass is 9.74. The minimum absolute atomic E-state index is 0.0257. The van der Waals surface area contributed by atoms with Crippen LogP contribution in [0.5, 0.6) is 5.75 Å². The van der Waals surface area contributed by atoms with Gasteiger partial charge in [-0.2, -0.15) is 5.10 Å². The van der Waals surface area contributed by atoms with E-state index >= 15 is 0 Å². The van der Waals surface area contributed by atoms with Gasteiger partial charge in [-0.25, -0.2) is 0 Å². The third kappa shape index (κ3) is 3.63. The third-order valence-electron chi connectivity index (χ3n) is 8.78. The predicted molar refractivity (Wildman–Crippen MR) is 129 cm³/mol. The highest BCUT2D eigenvalue weighted by atomic mass is 16.5. The van der Waals surface area contributed by atoms with Crippen LogP contribution >= 0.6 is 0 Å². The Hall–Kier alpha value is -3.20. The highest BCUT2D eigenvalue weighted by molar-refractivity contribution is 6.05. The lowest BCUT2D eigenvalue weighted by Gasteiger charge is -2.38. The first-order valence-corrected chi connectivity index (χ1v) is 13.2. The number of fused-ring (bicyclic) bond motifs is 4. The SMILES string of the molecule is O=C1CCC(N2Cc3c(ccc4c3OCC43CCN(Cc4cnn(CC5CC5)c4)CC3)C2=O)C(=O)N1.